The van der Waals surface area contributed by atoms with Crippen LogP contribution < -0.4 is 4.80 Å². The van der Waals surface area contributed by atoms with E-state index in [1.165, 1.54) is 11.3 Å². The van der Waals surface area contributed by atoms with Crippen LogP contribution in [0.3, 0.4) is 0 Å². The van der Waals surface area contributed by atoms with Crippen LogP contribution in [0.4, 0.5) is 4.79 Å². The molecule has 0 radical (unpaired) electrons. The fourth-order valence-electron chi connectivity index (χ4n) is 1.66. The zero-order valence-electron chi connectivity index (χ0n) is 10.7. The van der Waals surface area contributed by atoms with Crippen molar-refractivity contribution in [2.24, 2.45) is 4.99 Å². The highest BCUT2D eigenvalue weighted by atomic mass is 35.5. The number of carbonyl (C=O) groups excluding carboxylic acids is 1. The molecule has 0 saturated carbocycles. The van der Waals surface area contributed by atoms with Crippen molar-refractivity contribution in [1.82, 2.24) is 4.57 Å². The Hall–Kier alpha value is -1.63. The maximum absolute atomic E-state index is 11.5. The van der Waals surface area contributed by atoms with Crippen molar-refractivity contribution in [3.8, 4) is 5.69 Å². The number of aliphatic hydroxyl groups excluding tert-OH is 1. The molecule has 1 aromatic heterocycles. The molecule has 1 heterocycles. The zero-order chi connectivity index (χ0) is 14.5. The number of aliphatic hydroxyl groups is 1. The van der Waals surface area contributed by atoms with Gasteiger partial charge in [0.05, 0.1) is 29.6 Å². The fourth-order valence-corrected chi connectivity index (χ4v) is 2.75. The molecule has 1 amide bonds. The van der Waals surface area contributed by atoms with E-state index in [0.717, 1.165) is 0 Å². The lowest BCUT2D eigenvalue weighted by Crippen LogP contribution is -2.18. The second-order valence-electron chi connectivity index (χ2n) is 3.77. The second-order valence-corrected chi connectivity index (χ2v) is 5.01. The minimum Gasteiger partial charge on any atom is -0.448 e. The predicted molar refractivity (Wildman–Crippen MR) is 77.2 cm³/mol. The lowest BCUT2D eigenvalue weighted by atomic mass is 10.3. The molecule has 2 rings (SSSR count). The van der Waals surface area contributed by atoms with Crippen molar-refractivity contribution in [3.05, 3.63) is 45.2 Å². The van der Waals surface area contributed by atoms with Crippen LogP contribution in [-0.4, -0.2) is 22.4 Å². The van der Waals surface area contributed by atoms with Crippen LogP contribution in [0.1, 0.15) is 12.6 Å². The Balaban J connectivity index is 2.59. The molecule has 5 nitrogen and oxygen atoms in total. The topological polar surface area (TPSA) is 63.8 Å². The summed E-state index contributed by atoms with van der Waals surface area (Å²) in [4.78, 5) is 15.8. The Kier molecular flexibility index (Phi) is 4.94. The molecule has 7 heteroatoms. The van der Waals surface area contributed by atoms with Crippen LogP contribution in [0.2, 0.25) is 5.02 Å². The van der Waals surface area contributed by atoms with Crippen LogP contribution in [-0.2, 0) is 11.3 Å². The summed E-state index contributed by atoms with van der Waals surface area (Å²) in [6.45, 7) is 1.79. The van der Waals surface area contributed by atoms with Crippen molar-refractivity contribution in [3.63, 3.8) is 0 Å². The molecule has 106 valence electrons. The molecule has 0 fully saturated rings. The Morgan fingerprint density at radius 2 is 2.25 bits per heavy atom. The number of nitrogens with zero attached hydrogens (tertiary/aromatic N) is 2. The molecular weight excluding hydrogens is 300 g/mol. The number of amides is 1. The van der Waals surface area contributed by atoms with E-state index in [4.69, 9.17) is 16.3 Å². The third kappa shape index (κ3) is 3.09. The number of halogens is 1. The predicted octanol–water partition coefficient (Wildman–Crippen LogP) is 2.74. The summed E-state index contributed by atoms with van der Waals surface area (Å²) in [7, 11) is 0. The first kappa shape index (κ1) is 14.8. The van der Waals surface area contributed by atoms with Gasteiger partial charge < -0.3 is 9.84 Å². The van der Waals surface area contributed by atoms with E-state index < -0.39 is 6.09 Å². The van der Waals surface area contributed by atoms with E-state index >= 15 is 0 Å². The van der Waals surface area contributed by atoms with Crippen LogP contribution in [0.15, 0.2) is 34.6 Å². The Labute approximate surface area is 124 Å². The van der Waals surface area contributed by atoms with Gasteiger partial charge in [-0.3, -0.25) is 4.57 Å². The highest BCUT2D eigenvalue weighted by Crippen LogP contribution is 2.21. The lowest BCUT2D eigenvalue weighted by Gasteiger charge is -2.08. The summed E-state index contributed by atoms with van der Waals surface area (Å²) in [5.41, 5.74) is 1.26. The third-order valence-corrected chi connectivity index (χ3v) is 3.68. The first-order valence-electron chi connectivity index (χ1n) is 5.94. The van der Waals surface area contributed by atoms with Crippen molar-refractivity contribution < 1.29 is 14.6 Å². The number of hydrogen-bond donors (Lipinski definition) is 1. The molecule has 0 aliphatic heterocycles. The van der Waals surface area contributed by atoms with Gasteiger partial charge in [0, 0.05) is 5.38 Å². The molecular formula is C13H13ClN2O3S. The van der Waals surface area contributed by atoms with Crippen molar-refractivity contribution in [1.29, 1.82) is 0 Å². The number of ether oxygens (including phenoxy) is 1. The smallest absolute Gasteiger partial charge is 0.436 e. The summed E-state index contributed by atoms with van der Waals surface area (Å²) in [6, 6.07) is 7.15. The van der Waals surface area contributed by atoms with Gasteiger partial charge in [-0.05, 0) is 19.1 Å². The minimum atomic E-state index is -0.667. The van der Waals surface area contributed by atoms with E-state index in [0.29, 0.717) is 21.2 Å². The van der Waals surface area contributed by atoms with Gasteiger partial charge >= 0.3 is 6.09 Å². The van der Waals surface area contributed by atoms with Crippen molar-refractivity contribution >= 4 is 29.0 Å². The molecule has 0 atom stereocenters. The Morgan fingerprint density at radius 1 is 1.50 bits per heavy atom. The monoisotopic (exact) mass is 312 g/mol. The number of para-hydroxylation sites is 1. The zero-order valence-corrected chi connectivity index (χ0v) is 12.3. The van der Waals surface area contributed by atoms with E-state index in [1.807, 2.05) is 6.07 Å². The standard InChI is InChI=1S/C13H13ClN2O3S/c1-2-19-13(18)15-12-16(9(7-17)8-20-12)11-6-4-3-5-10(11)14/h3-6,8,17H,2,7H2,1H3/b15-12-. The molecule has 0 unspecified atom stereocenters. The van der Waals surface area contributed by atoms with Gasteiger partial charge in [0.25, 0.3) is 0 Å². The SMILES string of the molecule is CCOC(=O)/N=c1\scc(CO)n1-c1ccccc1Cl. The van der Waals surface area contributed by atoms with Crippen molar-refractivity contribution in [2.45, 2.75) is 13.5 Å². The van der Waals surface area contributed by atoms with Gasteiger partial charge in [0.2, 0.25) is 4.80 Å². The number of aromatic nitrogens is 1. The molecule has 2 aromatic rings. The summed E-state index contributed by atoms with van der Waals surface area (Å²) >= 11 is 7.39. The molecule has 0 saturated heterocycles. The van der Waals surface area contributed by atoms with Gasteiger partial charge in [-0.15, -0.1) is 16.3 Å². The number of carbonyl (C=O) groups is 1. The summed E-state index contributed by atoms with van der Waals surface area (Å²) < 4.78 is 6.44. The molecule has 0 aliphatic rings. The fraction of sp³-hybridized carbons (Fsp3) is 0.231. The van der Waals surface area contributed by atoms with E-state index in [1.54, 1.807) is 35.1 Å². The van der Waals surface area contributed by atoms with Crippen LogP contribution in [0, 0.1) is 0 Å². The largest absolute Gasteiger partial charge is 0.448 e. The first-order valence-corrected chi connectivity index (χ1v) is 7.19. The number of thiazole rings is 1. The molecule has 0 bridgehead atoms. The summed E-state index contributed by atoms with van der Waals surface area (Å²) in [5.74, 6) is 0. The van der Waals surface area contributed by atoms with Gasteiger partial charge in [-0.25, -0.2) is 4.79 Å². The third-order valence-electron chi connectivity index (χ3n) is 2.49. The van der Waals surface area contributed by atoms with E-state index in [-0.39, 0.29) is 13.2 Å². The maximum atomic E-state index is 11.5. The number of rotatable bonds is 3. The van der Waals surface area contributed by atoms with Gasteiger partial charge in [0.1, 0.15) is 0 Å². The van der Waals surface area contributed by atoms with E-state index in [2.05, 4.69) is 4.99 Å². The normalized spacial score (nSPS) is 11.7. The second kappa shape index (κ2) is 6.69. The Morgan fingerprint density at radius 3 is 2.90 bits per heavy atom. The van der Waals surface area contributed by atoms with E-state index in [9.17, 15) is 9.90 Å². The summed E-state index contributed by atoms with van der Waals surface area (Å²) in [5, 5.41) is 11.6. The van der Waals surface area contributed by atoms with Gasteiger partial charge in [-0.2, -0.15) is 0 Å². The highest BCUT2D eigenvalue weighted by Gasteiger charge is 2.11. The lowest BCUT2D eigenvalue weighted by molar-refractivity contribution is 0.162. The van der Waals surface area contributed by atoms with Crippen LogP contribution in [0.25, 0.3) is 5.69 Å². The first-order chi connectivity index (χ1) is 9.67. The van der Waals surface area contributed by atoms with Crippen LogP contribution >= 0.6 is 22.9 Å². The average molecular weight is 313 g/mol. The van der Waals surface area contributed by atoms with Crippen LogP contribution in [0.5, 0.6) is 0 Å². The number of benzene rings is 1. The van der Waals surface area contributed by atoms with Crippen molar-refractivity contribution in [2.75, 3.05) is 6.61 Å². The quantitative estimate of drug-likeness (QED) is 0.947. The molecule has 1 N–H and O–H groups in total. The molecule has 1 aromatic carbocycles. The molecule has 0 aliphatic carbocycles. The van der Waals surface area contributed by atoms with Gasteiger partial charge in [-0.1, -0.05) is 23.7 Å². The Bertz CT molecular complexity index is 678. The minimum absolute atomic E-state index is 0.180. The average Bonchev–Trinajstić information content (AvgIpc) is 2.82. The number of hydrogen-bond acceptors (Lipinski definition) is 4. The maximum Gasteiger partial charge on any atom is 0.436 e. The molecule has 0 spiro atoms. The molecule has 20 heavy (non-hydrogen) atoms. The van der Waals surface area contributed by atoms with Gasteiger partial charge in [0.15, 0.2) is 0 Å². The summed E-state index contributed by atoms with van der Waals surface area (Å²) in [6.07, 6.45) is -0.667. The highest BCUT2D eigenvalue weighted by molar-refractivity contribution is 7.07.